The summed E-state index contributed by atoms with van der Waals surface area (Å²) in [6.07, 6.45) is 0.586. The zero-order chi connectivity index (χ0) is 27.9. The first-order chi connectivity index (χ1) is 18.1. The maximum absolute atomic E-state index is 13.9. The number of hydrogen-bond acceptors (Lipinski definition) is 4. The number of sulfonamides is 1. The van der Waals surface area contributed by atoms with Crippen LogP contribution in [0.3, 0.4) is 0 Å². The lowest BCUT2D eigenvalue weighted by molar-refractivity contribution is -0.139. The summed E-state index contributed by atoms with van der Waals surface area (Å²) >= 11 is 3.42. The molecule has 9 heteroatoms. The van der Waals surface area contributed by atoms with E-state index in [1.54, 1.807) is 43.3 Å². The van der Waals surface area contributed by atoms with Gasteiger partial charge in [0, 0.05) is 17.6 Å². The summed E-state index contributed by atoms with van der Waals surface area (Å²) in [5, 5.41) is 2.77. The lowest BCUT2D eigenvalue weighted by Gasteiger charge is -2.32. The molecule has 1 N–H and O–H groups in total. The lowest BCUT2D eigenvalue weighted by Crippen LogP contribution is -2.51. The van der Waals surface area contributed by atoms with Crippen LogP contribution in [-0.2, 0) is 32.6 Å². The average Bonchev–Trinajstić information content (AvgIpc) is 2.91. The minimum Gasteiger partial charge on any atom is -0.355 e. The predicted molar refractivity (Wildman–Crippen MR) is 154 cm³/mol. The Balaban J connectivity index is 2.06. The molecule has 3 aromatic carbocycles. The van der Waals surface area contributed by atoms with Crippen LogP contribution in [0.15, 0.2) is 82.2 Å². The SMILES string of the molecule is CCNC(=O)C(C)N(Cc1ccc(Br)cc1)C(=O)CN(c1ccccc1CC)S(=O)(=O)c1ccc(C)cc1. The third-order valence-electron chi connectivity index (χ3n) is 6.31. The van der Waals surface area contributed by atoms with Gasteiger partial charge in [0.1, 0.15) is 12.6 Å². The van der Waals surface area contributed by atoms with Gasteiger partial charge in [0.25, 0.3) is 10.0 Å². The van der Waals surface area contributed by atoms with E-state index in [1.807, 2.05) is 57.2 Å². The minimum absolute atomic E-state index is 0.0954. The molecule has 7 nitrogen and oxygen atoms in total. The van der Waals surface area contributed by atoms with Crippen molar-refractivity contribution in [1.29, 1.82) is 0 Å². The highest BCUT2D eigenvalue weighted by Gasteiger charge is 2.33. The van der Waals surface area contributed by atoms with Gasteiger partial charge >= 0.3 is 0 Å². The van der Waals surface area contributed by atoms with Crippen molar-refractivity contribution in [3.8, 4) is 0 Å². The van der Waals surface area contributed by atoms with E-state index in [-0.39, 0.29) is 17.3 Å². The Labute approximate surface area is 234 Å². The number of benzene rings is 3. The Bertz CT molecular complexity index is 1360. The smallest absolute Gasteiger partial charge is 0.264 e. The largest absolute Gasteiger partial charge is 0.355 e. The molecule has 0 bridgehead atoms. The minimum atomic E-state index is -4.09. The van der Waals surface area contributed by atoms with Crippen LogP contribution in [0.4, 0.5) is 5.69 Å². The number of carbonyl (C=O) groups excluding carboxylic acids is 2. The fourth-order valence-corrected chi connectivity index (χ4v) is 5.81. The van der Waals surface area contributed by atoms with Crippen molar-refractivity contribution < 1.29 is 18.0 Å². The Kier molecular flexibility index (Phi) is 10.1. The summed E-state index contributed by atoms with van der Waals surface area (Å²) in [5.74, 6) is -0.784. The van der Waals surface area contributed by atoms with Crippen LogP contribution < -0.4 is 9.62 Å². The number of para-hydroxylation sites is 1. The van der Waals surface area contributed by atoms with Crippen LogP contribution in [0, 0.1) is 6.92 Å². The number of nitrogens with zero attached hydrogens (tertiary/aromatic N) is 2. The molecule has 0 saturated heterocycles. The van der Waals surface area contributed by atoms with Gasteiger partial charge in [-0.15, -0.1) is 0 Å². The molecule has 1 unspecified atom stereocenters. The predicted octanol–water partition coefficient (Wildman–Crippen LogP) is 5.07. The third kappa shape index (κ3) is 7.02. The molecule has 2 amide bonds. The number of amides is 2. The number of aryl methyl sites for hydroxylation is 2. The van der Waals surface area contributed by atoms with Gasteiger partial charge in [-0.05, 0) is 68.7 Å². The number of rotatable bonds is 11. The van der Waals surface area contributed by atoms with E-state index in [0.29, 0.717) is 18.7 Å². The molecule has 0 fully saturated rings. The van der Waals surface area contributed by atoms with Crippen molar-refractivity contribution in [1.82, 2.24) is 10.2 Å². The quantitative estimate of drug-likeness (QED) is 0.333. The first kappa shape index (κ1) is 29.4. The van der Waals surface area contributed by atoms with E-state index in [0.717, 1.165) is 25.5 Å². The maximum Gasteiger partial charge on any atom is 0.264 e. The second-order valence-corrected chi connectivity index (χ2v) is 11.8. The number of nitrogens with one attached hydrogen (secondary N) is 1. The van der Waals surface area contributed by atoms with Gasteiger partial charge in [0.15, 0.2) is 0 Å². The van der Waals surface area contributed by atoms with Gasteiger partial charge in [-0.2, -0.15) is 0 Å². The standard InChI is InChI=1S/C29H34BrN3O4S/c1-5-24-9-7-8-10-27(24)33(38(36,37)26-17-11-21(3)12-18-26)20-28(34)32(22(4)29(35)31-6-2)19-23-13-15-25(30)16-14-23/h7-18,22H,5-6,19-20H2,1-4H3,(H,31,35). The Morgan fingerprint density at radius 1 is 0.947 bits per heavy atom. The molecule has 1 atom stereocenters. The van der Waals surface area contributed by atoms with Crippen molar-refractivity contribution in [2.45, 2.75) is 51.6 Å². The van der Waals surface area contributed by atoms with Gasteiger partial charge in [-0.1, -0.05) is 70.9 Å². The summed E-state index contributed by atoms with van der Waals surface area (Å²) in [6, 6.07) is 20.4. The molecule has 202 valence electrons. The molecule has 3 rings (SSSR count). The maximum atomic E-state index is 13.9. The van der Waals surface area contributed by atoms with E-state index >= 15 is 0 Å². The zero-order valence-electron chi connectivity index (χ0n) is 22.1. The molecular formula is C29H34BrN3O4S. The van der Waals surface area contributed by atoms with E-state index in [9.17, 15) is 18.0 Å². The third-order valence-corrected chi connectivity index (χ3v) is 8.62. The van der Waals surface area contributed by atoms with Gasteiger partial charge in [0.2, 0.25) is 11.8 Å². The fourth-order valence-electron chi connectivity index (χ4n) is 4.09. The summed E-state index contributed by atoms with van der Waals surface area (Å²) in [5.41, 5.74) is 2.99. The highest BCUT2D eigenvalue weighted by Crippen LogP contribution is 2.28. The Morgan fingerprint density at radius 2 is 1.58 bits per heavy atom. The highest BCUT2D eigenvalue weighted by molar-refractivity contribution is 9.10. The Morgan fingerprint density at radius 3 is 2.18 bits per heavy atom. The van der Waals surface area contributed by atoms with Crippen LogP contribution in [0.5, 0.6) is 0 Å². The monoisotopic (exact) mass is 599 g/mol. The summed E-state index contributed by atoms with van der Waals surface area (Å²) in [4.78, 5) is 28.2. The van der Waals surface area contributed by atoms with Crippen LogP contribution in [-0.4, -0.2) is 44.3 Å². The molecule has 0 radical (unpaired) electrons. The molecule has 0 heterocycles. The molecule has 3 aromatic rings. The van der Waals surface area contributed by atoms with Crippen LogP contribution in [0.2, 0.25) is 0 Å². The van der Waals surface area contributed by atoms with E-state index in [1.165, 1.54) is 4.90 Å². The normalized spacial score (nSPS) is 12.0. The topological polar surface area (TPSA) is 86.8 Å². The van der Waals surface area contributed by atoms with Crippen molar-refractivity contribution >= 4 is 43.5 Å². The highest BCUT2D eigenvalue weighted by atomic mass is 79.9. The average molecular weight is 601 g/mol. The molecule has 38 heavy (non-hydrogen) atoms. The number of halogens is 1. The summed E-state index contributed by atoms with van der Waals surface area (Å²) in [7, 11) is -4.09. The van der Waals surface area contributed by atoms with Gasteiger partial charge in [-0.3, -0.25) is 13.9 Å². The van der Waals surface area contributed by atoms with Crippen LogP contribution in [0.1, 0.15) is 37.5 Å². The number of anilines is 1. The molecule has 0 spiro atoms. The molecule has 0 aliphatic carbocycles. The molecule has 0 aliphatic heterocycles. The van der Waals surface area contributed by atoms with Crippen LogP contribution in [0.25, 0.3) is 0 Å². The zero-order valence-corrected chi connectivity index (χ0v) is 24.6. The number of hydrogen-bond donors (Lipinski definition) is 1. The Hall–Kier alpha value is -3.17. The van der Waals surface area contributed by atoms with Gasteiger partial charge in [-0.25, -0.2) is 8.42 Å². The lowest BCUT2D eigenvalue weighted by atomic mass is 10.1. The van der Waals surface area contributed by atoms with E-state index in [2.05, 4.69) is 21.2 Å². The van der Waals surface area contributed by atoms with Crippen molar-refractivity contribution in [2.75, 3.05) is 17.4 Å². The second-order valence-electron chi connectivity index (χ2n) is 9.03. The number of carbonyl (C=O) groups is 2. The fraction of sp³-hybridized carbons (Fsp3) is 0.310. The van der Waals surface area contributed by atoms with Crippen molar-refractivity contribution in [3.05, 3.63) is 94.0 Å². The first-order valence-corrected chi connectivity index (χ1v) is 14.8. The van der Waals surface area contributed by atoms with Crippen molar-refractivity contribution in [2.24, 2.45) is 0 Å². The van der Waals surface area contributed by atoms with Gasteiger partial charge < -0.3 is 10.2 Å². The second kappa shape index (κ2) is 13.1. The van der Waals surface area contributed by atoms with Gasteiger partial charge in [0.05, 0.1) is 10.6 Å². The van der Waals surface area contributed by atoms with E-state index in [4.69, 9.17) is 0 Å². The summed E-state index contributed by atoms with van der Waals surface area (Å²) in [6.45, 7) is 7.40. The summed E-state index contributed by atoms with van der Waals surface area (Å²) < 4.78 is 29.9. The number of likely N-dealkylation sites (N-methyl/N-ethyl adjacent to an activating group) is 1. The van der Waals surface area contributed by atoms with Crippen LogP contribution >= 0.6 is 15.9 Å². The molecule has 0 aromatic heterocycles. The molecule has 0 aliphatic rings. The molecule has 0 saturated carbocycles. The molecular weight excluding hydrogens is 566 g/mol. The van der Waals surface area contributed by atoms with E-state index < -0.39 is 28.5 Å². The van der Waals surface area contributed by atoms with Crippen molar-refractivity contribution in [3.63, 3.8) is 0 Å². The first-order valence-electron chi connectivity index (χ1n) is 12.6.